The Morgan fingerprint density at radius 1 is 1.50 bits per heavy atom. The number of furan rings is 1. The van der Waals surface area contributed by atoms with Crippen LogP contribution in [0, 0.1) is 0 Å². The van der Waals surface area contributed by atoms with E-state index in [1.54, 1.807) is 43.8 Å². The first-order valence-corrected chi connectivity index (χ1v) is 7.82. The van der Waals surface area contributed by atoms with Gasteiger partial charge in [0.2, 0.25) is 0 Å². The average molecular weight is 331 g/mol. The quantitative estimate of drug-likeness (QED) is 0.894. The number of nitrogens with one attached hydrogen (secondary N) is 1. The van der Waals surface area contributed by atoms with E-state index in [0.29, 0.717) is 24.8 Å². The number of anilines is 1. The molecule has 1 aliphatic rings. The first kappa shape index (κ1) is 16.1. The van der Waals surface area contributed by atoms with Crippen LogP contribution in [0.2, 0.25) is 0 Å². The molecule has 2 aromatic heterocycles. The number of nitrogens with zero attached hydrogens (tertiary/aromatic N) is 4. The van der Waals surface area contributed by atoms with E-state index in [1.165, 1.54) is 0 Å². The maximum absolute atomic E-state index is 12.3. The molecular weight excluding hydrogens is 310 g/mol. The smallest absolute Gasteiger partial charge is 0.317 e. The van der Waals surface area contributed by atoms with Gasteiger partial charge in [0.05, 0.1) is 26.0 Å². The third-order valence-electron chi connectivity index (χ3n) is 4.16. The lowest BCUT2D eigenvalue weighted by Gasteiger charge is -2.25. The largest absolute Gasteiger partial charge is 0.478 e. The minimum atomic E-state index is -0.121. The molecule has 0 bridgehead atoms. The van der Waals surface area contributed by atoms with Crippen LogP contribution >= 0.6 is 0 Å². The number of hydrogen-bond donors (Lipinski definition) is 1. The van der Waals surface area contributed by atoms with Crippen LogP contribution in [0.4, 0.5) is 10.6 Å². The highest BCUT2D eigenvalue weighted by Crippen LogP contribution is 2.27. The lowest BCUT2D eigenvalue weighted by atomic mass is 10.2. The minimum Gasteiger partial charge on any atom is -0.478 e. The maximum atomic E-state index is 12.3. The third kappa shape index (κ3) is 3.42. The highest BCUT2D eigenvalue weighted by molar-refractivity contribution is 5.74. The molecule has 0 spiro atoms. The minimum absolute atomic E-state index is 0.105. The molecule has 24 heavy (non-hydrogen) atoms. The molecular formula is C16H21N5O3. The van der Waals surface area contributed by atoms with E-state index < -0.39 is 0 Å². The molecule has 0 saturated carbocycles. The van der Waals surface area contributed by atoms with Crippen molar-refractivity contribution >= 4 is 11.8 Å². The molecule has 0 unspecified atom stereocenters. The predicted octanol–water partition coefficient (Wildman–Crippen LogP) is 1.50. The van der Waals surface area contributed by atoms with Crippen LogP contribution in [-0.2, 0) is 6.54 Å². The van der Waals surface area contributed by atoms with Gasteiger partial charge in [0.15, 0.2) is 5.82 Å². The Morgan fingerprint density at radius 3 is 3.08 bits per heavy atom. The van der Waals surface area contributed by atoms with Crippen LogP contribution in [0.1, 0.15) is 12.2 Å². The van der Waals surface area contributed by atoms with Crippen molar-refractivity contribution in [2.45, 2.75) is 19.0 Å². The summed E-state index contributed by atoms with van der Waals surface area (Å²) < 4.78 is 10.5. The first-order chi connectivity index (χ1) is 11.7. The van der Waals surface area contributed by atoms with E-state index in [4.69, 9.17) is 9.15 Å². The Bertz CT molecular complexity index is 676. The fourth-order valence-electron chi connectivity index (χ4n) is 2.80. The topological polar surface area (TPSA) is 83.7 Å². The summed E-state index contributed by atoms with van der Waals surface area (Å²) in [5, 5.41) is 2.86. The van der Waals surface area contributed by atoms with Crippen LogP contribution in [-0.4, -0.2) is 54.2 Å². The molecule has 2 amide bonds. The van der Waals surface area contributed by atoms with Gasteiger partial charge in [-0.1, -0.05) is 0 Å². The van der Waals surface area contributed by atoms with Crippen molar-refractivity contribution in [1.82, 2.24) is 20.2 Å². The van der Waals surface area contributed by atoms with Crippen LogP contribution in [0.15, 0.2) is 35.2 Å². The molecule has 8 nitrogen and oxygen atoms in total. The number of rotatable bonds is 5. The van der Waals surface area contributed by atoms with Crippen molar-refractivity contribution in [2.75, 3.05) is 32.1 Å². The molecule has 128 valence electrons. The molecule has 1 N–H and O–H groups in total. The number of aromatic nitrogens is 2. The molecule has 1 saturated heterocycles. The van der Waals surface area contributed by atoms with Crippen LogP contribution in [0.5, 0.6) is 5.88 Å². The predicted molar refractivity (Wildman–Crippen MR) is 87.9 cm³/mol. The van der Waals surface area contributed by atoms with Crippen molar-refractivity contribution in [1.29, 1.82) is 0 Å². The summed E-state index contributed by atoms with van der Waals surface area (Å²) in [4.78, 5) is 24.6. The van der Waals surface area contributed by atoms with E-state index in [1.807, 2.05) is 6.07 Å². The second-order valence-electron chi connectivity index (χ2n) is 5.63. The Morgan fingerprint density at radius 2 is 2.33 bits per heavy atom. The SMILES string of the molecule is COc1nccnc1N1CC[C@H](N(C)C(=O)NCc2ccco2)C1. The monoisotopic (exact) mass is 331 g/mol. The zero-order valence-electron chi connectivity index (χ0n) is 13.8. The number of carbonyl (C=O) groups is 1. The van der Waals surface area contributed by atoms with Gasteiger partial charge >= 0.3 is 6.03 Å². The molecule has 2 aromatic rings. The molecule has 0 radical (unpaired) electrons. The second-order valence-corrected chi connectivity index (χ2v) is 5.63. The molecule has 0 aliphatic carbocycles. The molecule has 1 atom stereocenters. The summed E-state index contributed by atoms with van der Waals surface area (Å²) in [6.07, 6.45) is 5.70. The van der Waals surface area contributed by atoms with Gasteiger partial charge in [-0.25, -0.2) is 14.8 Å². The standard InChI is InChI=1S/C16H21N5O3/c1-20(16(22)19-10-13-4-3-9-24-13)12-5-8-21(11-12)14-15(23-2)18-7-6-17-14/h3-4,6-7,9,12H,5,8,10-11H2,1-2H3,(H,19,22)/t12-/m0/s1. The third-order valence-corrected chi connectivity index (χ3v) is 4.16. The van der Waals surface area contributed by atoms with E-state index in [9.17, 15) is 4.79 Å². The van der Waals surface area contributed by atoms with E-state index >= 15 is 0 Å². The molecule has 3 heterocycles. The van der Waals surface area contributed by atoms with Crippen LogP contribution < -0.4 is 15.0 Å². The van der Waals surface area contributed by atoms with Gasteiger partial charge in [-0.15, -0.1) is 0 Å². The Kier molecular flexibility index (Phi) is 4.83. The number of carbonyl (C=O) groups excluding carboxylic acids is 1. The van der Waals surface area contributed by atoms with Gasteiger partial charge in [0.25, 0.3) is 5.88 Å². The molecule has 0 aromatic carbocycles. The van der Waals surface area contributed by atoms with E-state index in [0.717, 1.165) is 18.7 Å². The fraction of sp³-hybridized carbons (Fsp3) is 0.438. The van der Waals surface area contributed by atoms with Crippen molar-refractivity contribution in [2.24, 2.45) is 0 Å². The zero-order chi connectivity index (χ0) is 16.9. The van der Waals surface area contributed by atoms with Crippen molar-refractivity contribution in [3.05, 3.63) is 36.5 Å². The van der Waals surface area contributed by atoms with E-state index in [2.05, 4.69) is 20.2 Å². The van der Waals surface area contributed by atoms with Gasteiger partial charge in [-0.2, -0.15) is 0 Å². The Hall–Kier alpha value is -2.77. The van der Waals surface area contributed by atoms with Crippen molar-refractivity contribution in [3.63, 3.8) is 0 Å². The molecule has 8 heteroatoms. The van der Waals surface area contributed by atoms with Gasteiger partial charge in [-0.3, -0.25) is 0 Å². The second kappa shape index (κ2) is 7.20. The van der Waals surface area contributed by atoms with Gasteiger partial charge < -0.3 is 24.3 Å². The van der Waals surface area contributed by atoms with Crippen LogP contribution in [0.25, 0.3) is 0 Å². The molecule has 1 fully saturated rings. The van der Waals surface area contributed by atoms with Gasteiger partial charge in [-0.05, 0) is 18.6 Å². The van der Waals surface area contributed by atoms with Crippen LogP contribution in [0.3, 0.4) is 0 Å². The number of ether oxygens (including phenoxy) is 1. The highest BCUT2D eigenvalue weighted by atomic mass is 16.5. The average Bonchev–Trinajstić information content (AvgIpc) is 3.30. The Balaban J connectivity index is 1.57. The number of methoxy groups -OCH3 is 1. The Labute approximate surface area is 140 Å². The molecule has 1 aliphatic heterocycles. The lowest BCUT2D eigenvalue weighted by Crippen LogP contribution is -2.44. The maximum Gasteiger partial charge on any atom is 0.317 e. The zero-order valence-corrected chi connectivity index (χ0v) is 13.8. The summed E-state index contributed by atoms with van der Waals surface area (Å²) >= 11 is 0. The number of likely N-dealkylation sites (N-methyl/N-ethyl adjacent to an activating group) is 1. The normalized spacial score (nSPS) is 16.9. The summed E-state index contributed by atoms with van der Waals surface area (Å²) in [5.74, 6) is 1.95. The number of urea groups is 1. The van der Waals surface area contributed by atoms with Crippen molar-refractivity contribution in [3.8, 4) is 5.88 Å². The number of amides is 2. The lowest BCUT2D eigenvalue weighted by molar-refractivity contribution is 0.193. The van der Waals surface area contributed by atoms with Crippen molar-refractivity contribution < 1.29 is 13.9 Å². The summed E-state index contributed by atoms with van der Waals surface area (Å²) in [6.45, 7) is 1.87. The number of hydrogen-bond acceptors (Lipinski definition) is 6. The van der Waals surface area contributed by atoms with Gasteiger partial charge in [0.1, 0.15) is 5.76 Å². The van der Waals surface area contributed by atoms with E-state index in [-0.39, 0.29) is 12.1 Å². The fourth-order valence-corrected chi connectivity index (χ4v) is 2.80. The molecule has 3 rings (SSSR count). The first-order valence-electron chi connectivity index (χ1n) is 7.82. The van der Waals surface area contributed by atoms with Gasteiger partial charge in [0, 0.05) is 32.5 Å². The highest BCUT2D eigenvalue weighted by Gasteiger charge is 2.30. The summed E-state index contributed by atoms with van der Waals surface area (Å²) in [5.41, 5.74) is 0. The summed E-state index contributed by atoms with van der Waals surface area (Å²) in [7, 11) is 3.38. The summed E-state index contributed by atoms with van der Waals surface area (Å²) in [6, 6.07) is 3.62.